The third-order valence-electron chi connectivity index (χ3n) is 4.03. The van der Waals surface area contributed by atoms with Crippen molar-refractivity contribution >= 4 is 17.1 Å². The van der Waals surface area contributed by atoms with Crippen LogP contribution >= 0.6 is 0 Å². The zero-order valence-electron chi connectivity index (χ0n) is 13.9. The number of primary amides is 1. The number of hydrogen-bond acceptors (Lipinski definition) is 6. The summed E-state index contributed by atoms with van der Waals surface area (Å²) in [5.74, 6) is -0.322. The first kappa shape index (κ1) is 16.2. The molecule has 2 aromatic heterocycles. The van der Waals surface area contributed by atoms with E-state index in [0.717, 1.165) is 5.69 Å². The Balaban J connectivity index is 1.95. The van der Waals surface area contributed by atoms with Crippen molar-refractivity contribution in [1.82, 2.24) is 19.5 Å². The molecule has 1 amide bonds. The summed E-state index contributed by atoms with van der Waals surface area (Å²) in [6.45, 7) is 0. The van der Waals surface area contributed by atoms with Crippen LogP contribution in [0.5, 0.6) is 5.75 Å². The summed E-state index contributed by atoms with van der Waals surface area (Å²) in [6.07, 6.45) is 1.52. The number of rotatable bonds is 3. The van der Waals surface area contributed by atoms with Gasteiger partial charge in [0.1, 0.15) is 17.6 Å². The Bertz CT molecular complexity index is 1200. The monoisotopic (exact) mass is 356 g/mol. The first-order valence-corrected chi connectivity index (χ1v) is 7.91. The van der Waals surface area contributed by atoms with Crippen LogP contribution in [0.4, 0.5) is 0 Å². The Morgan fingerprint density at radius 1 is 1.07 bits per heavy atom. The topological polar surface area (TPSA) is 131 Å². The highest BCUT2D eigenvalue weighted by Crippen LogP contribution is 2.24. The van der Waals surface area contributed by atoms with E-state index in [1.54, 1.807) is 41.0 Å². The molecule has 2 aromatic carbocycles. The normalized spacial score (nSPS) is 10.6. The van der Waals surface area contributed by atoms with E-state index in [-0.39, 0.29) is 22.8 Å². The number of carbonyl (C=O) groups is 1. The Morgan fingerprint density at radius 3 is 2.41 bits per heavy atom. The van der Waals surface area contributed by atoms with Crippen LogP contribution in [0.3, 0.4) is 0 Å². The molecule has 0 unspecified atom stereocenters. The van der Waals surface area contributed by atoms with Gasteiger partial charge in [-0.05, 0) is 48.5 Å². The zero-order valence-corrected chi connectivity index (χ0v) is 13.9. The minimum absolute atomic E-state index is 0.00969. The molecule has 0 fully saturated rings. The largest absolute Gasteiger partial charge is 0.508 e. The molecule has 27 heavy (non-hydrogen) atoms. The zero-order chi connectivity index (χ0) is 19.0. The molecular weight excluding hydrogens is 344 g/mol. The molecule has 0 saturated heterocycles. The molecular formula is C19H12N6O2. The minimum atomic E-state index is -0.715. The average Bonchev–Trinajstić information content (AvgIpc) is 3.11. The maximum atomic E-state index is 11.9. The number of imidazole rings is 1. The third-order valence-corrected chi connectivity index (χ3v) is 4.03. The first-order chi connectivity index (χ1) is 13.1. The van der Waals surface area contributed by atoms with E-state index in [1.165, 1.54) is 18.5 Å². The number of phenolic OH excluding ortho intramolecular Hbond substituents is 1. The minimum Gasteiger partial charge on any atom is -0.508 e. The van der Waals surface area contributed by atoms with Gasteiger partial charge in [-0.2, -0.15) is 5.26 Å². The molecule has 0 aliphatic carbocycles. The van der Waals surface area contributed by atoms with Gasteiger partial charge in [0.2, 0.25) is 0 Å². The summed E-state index contributed by atoms with van der Waals surface area (Å²) in [5, 5.41) is 18.4. The molecule has 130 valence electrons. The highest BCUT2D eigenvalue weighted by atomic mass is 16.3. The summed E-state index contributed by atoms with van der Waals surface area (Å²) in [4.78, 5) is 24.9. The molecule has 0 aliphatic heterocycles. The van der Waals surface area contributed by atoms with Crippen molar-refractivity contribution in [2.45, 2.75) is 0 Å². The van der Waals surface area contributed by atoms with Crippen LogP contribution in [0.2, 0.25) is 0 Å². The molecule has 0 spiro atoms. The Labute approximate surface area is 153 Å². The lowest BCUT2D eigenvalue weighted by atomic mass is 10.2. The molecule has 0 aliphatic rings. The predicted molar refractivity (Wildman–Crippen MR) is 97.0 cm³/mol. The second-order valence-corrected chi connectivity index (χ2v) is 5.75. The Kier molecular flexibility index (Phi) is 3.75. The van der Waals surface area contributed by atoms with E-state index in [9.17, 15) is 9.90 Å². The smallest absolute Gasteiger partial charge is 0.269 e. The van der Waals surface area contributed by atoms with E-state index in [2.05, 4.69) is 21.0 Å². The third kappa shape index (κ3) is 2.83. The van der Waals surface area contributed by atoms with Gasteiger partial charge in [0, 0.05) is 11.3 Å². The number of phenols is 1. The van der Waals surface area contributed by atoms with Crippen LogP contribution < -0.4 is 5.73 Å². The molecule has 0 saturated carbocycles. The number of aromatic hydroxyl groups is 1. The predicted octanol–water partition coefficient (Wildman–Crippen LogP) is 2.16. The van der Waals surface area contributed by atoms with Gasteiger partial charge in [0.05, 0.1) is 11.6 Å². The van der Waals surface area contributed by atoms with Crippen molar-refractivity contribution in [1.29, 1.82) is 5.26 Å². The molecule has 8 heteroatoms. The van der Waals surface area contributed by atoms with Gasteiger partial charge < -0.3 is 10.8 Å². The average molecular weight is 356 g/mol. The lowest BCUT2D eigenvalue weighted by Gasteiger charge is -2.07. The summed E-state index contributed by atoms with van der Waals surface area (Å²) in [5.41, 5.74) is 8.06. The van der Waals surface area contributed by atoms with Gasteiger partial charge >= 0.3 is 0 Å². The fraction of sp³-hybridized carbons (Fsp3) is 0. The van der Waals surface area contributed by atoms with Crippen molar-refractivity contribution in [2.24, 2.45) is 5.73 Å². The van der Waals surface area contributed by atoms with E-state index in [0.29, 0.717) is 16.8 Å². The Morgan fingerprint density at radius 2 is 1.78 bits per heavy atom. The van der Waals surface area contributed by atoms with E-state index in [4.69, 9.17) is 11.0 Å². The lowest BCUT2D eigenvalue weighted by molar-refractivity contribution is 0.0997. The molecule has 4 aromatic rings. The fourth-order valence-corrected chi connectivity index (χ4v) is 2.70. The molecule has 0 radical (unpaired) electrons. The standard InChI is InChI=1S/C19H12N6O2/c20-9-11-1-5-13(6-2-11)25-10-22-16-15(17(21)27)23-18(24-19(16)25)12-3-7-14(26)8-4-12/h1-8,10,26H,(H2,21,27). The second-order valence-electron chi connectivity index (χ2n) is 5.75. The lowest BCUT2D eigenvalue weighted by Crippen LogP contribution is -2.15. The number of hydrogen-bond donors (Lipinski definition) is 2. The van der Waals surface area contributed by atoms with Crippen LogP contribution in [0, 0.1) is 11.3 Å². The summed E-state index contributed by atoms with van der Waals surface area (Å²) in [6, 6.07) is 15.2. The molecule has 0 atom stereocenters. The van der Waals surface area contributed by atoms with Crippen molar-refractivity contribution in [3.8, 4) is 28.9 Å². The molecule has 4 rings (SSSR count). The van der Waals surface area contributed by atoms with Crippen molar-refractivity contribution < 1.29 is 9.90 Å². The number of fused-ring (bicyclic) bond motifs is 1. The van der Waals surface area contributed by atoms with Crippen LogP contribution in [0.15, 0.2) is 54.9 Å². The van der Waals surface area contributed by atoms with Crippen LogP contribution in [0.25, 0.3) is 28.2 Å². The summed E-state index contributed by atoms with van der Waals surface area (Å²) >= 11 is 0. The number of amides is 1. The number of nitriles is 1. The van der Waals surface area contributed by atoms with E-state index in [1.807, 2.05) is 0 Å². The highest BCUT2D eigenvalue weighted by molar-refractivity contribution is 6.02. The first-order valence-electron chi connectivity index (χ1n) is 7.91. The van der Waals surface area contributed by atoms with Crippen LogP contribution in [-0.2, 0) is 0 Å². The summed E-state index contributed by atoms with van der Waals surface area (Å²) < 4.78 is 1.69. The van der Waals surface area contributed by atoms with E-state index < -0.39 is 5.91 Å². The number of aromatic nitrogens is 4. The second kappa shape index (κ2) is 6.24. The fourth-order valence-electron chi connectivity index (χ4n) is 2.70. The van der Waals surface area contributed by atoms with Gasteiger partial charge in [-0.25, -0.2) is 15.0 Å². The van der Waals surface area contributed by atoms with Crippen molar-refractivity contribution in [3.63, 3.8) is 0 Å². The van der Waals surface area contributed by atoms with Crippen molar-refractivity contribution in [3.05, 3.63) is 66.1 Å². The van der Waals surface area contributed by atoms with Crippen molar-refractivity contribution in [2.75, 3.05) is 0 Å². The number of benzene rings is 2. The quantitative estimate of drug-likeness (QED) is 0.578. The maximum absolute atomic E-state index is 11.9. The van der Waals surface area contributed by atoms with E-state index >= 15 is 0 Å². The maximum Gasteiger partial charge on any atom is 0.269 e. The highest BCUT2D eigenvalue weighted by Gasteiger charge is 2.18. The van der Waals surface area contributed by atoms with Gasteiger partial charge in [-0.1, -0.05) is 0 Å². The SMILES string of the molecule is N#Cc1ccc(-n2cnc3c(C(N)=O)nc(-c4ccc(O)cc4)nc32)cc1. The van der Waals surface area contributed by atoms with Crippen LogP contribution in [-0.4, -0.2) is 30.5 Å². The Hall–Kier alpha value is -4.25. The number of nitrogens with zero attached hydrogens (tertiary/aromatic N) is 5. The molecule has 3 N–H and O–H groups in total. The molecule has 8 nitrogen and oxygen atoms in total. The van der Waals surface area contributed by atoms with Crippen LogP contribution in [0.1, 0.15) is 16.1 Å². The summed E-state index contributed by atoms with van der Waals surface area (Å²) in [7, 11) is 0. The number of carbonyl (C=O) groups excluding carboxylic acids is 1. The van der Waals surface area contributed by atoms with Gasteiger partial charge in [0.15, 0.2) is 17.2 Å². The molecule has 2 heterocycles. The molecule has 0 bridgehead atoms. The van der Waals surface area contributed by atoms with Gasteiger partial charge in [-0.3, -0.25) is 9.36 Å². The van der Waals surface area contributed by atoms with Gasteiger partial charge in [0.25, 0.3) is 5.91 Å². The number of nitrogens with two attached hydrogens (primary N) is 1. The van der Waals surface area contributed by atoms with Gasteiger partial charge in [-0.15, -0.1) is 0 Å².